The summed E-state index contributed by atoms with van der Waals surface area (Å²) < 4.78 is 5.90. The van der Waals surface area contributed by atoms with Crippen LogP contribution in [0.4, 0.5) is 0 Å². The van der Waals surface area contributed by atoms with Crippen molar-refractivity contribution in [1.29, 1.82) is 0 Å². The Morgan fingerprint density at radius 2 is 1.26 bits per heavy atom. The molecule has 0 unspecified atom stereocenters. The quantitative estimate of drug-likeness (QED) is 0.385. The fourth-order valence-electron chi connectivity index (χ4n) is 12.0. The molecule has 5 aliphatic rings. The van der Waals surface area contributed by atoms with Crippen LogP contribution in [-0.4, -0.2) is 23.3 Å². The molecule has 0 heterocycles. The van der Waals surface area contributed by atoms with Gasteiger partial charge in [-0.1, -0.05) is 55.4 Å². The summed E-state index contributed by atoms with van der Waals surface area (Å²) in [5, 5.41) is 11.5. The highest BCUT2D eigenvalue weighted by atomic mass is 16.5. The van der Waals surface area contributed by atoms with Gasteiger partial charge < -0.3 is 9.84 Å². The van der Waals surface area contributed by atoms with Crippen molar-refractivity contribution in [3.63, 3.8) is 0 Å². The number of esters is 1. The van der Waals surface area contributed by atoms with Crippen LogP contribution in [-0.2, 0) is 9.53 Å². The van der Waals surface area contributed by atoms with E-state index in [9.17, 15) is 9.90 Å². The lowest BCUT2D eigenvalue weighted by molar-refractivity contribution is -0.269. The maximum absolute atomic E-state index is 11.9. The van der Waals surface area contributed by atoms with E-state index in [4.69, 9.17) is 4.74 Å². The zero-order valence-corrected chi connectivity index (χ0v) is 24.3. The van der Waals surface area contributed by atoms with E-state index < -0.39 is 0 Å². The monoisotopic (exact) mass is 486 g/mol. The van der Waals surface area contributed by atoms with Crippen LogP contribution in [0.5, 0.6) is 0 Å². The van der Waals surface area contributed by atoms with Crippen molar-refractivity contribution in [3.8, 4) is 0 Å². The van der Waals surface area contributed by atoms with Crippen LogP contribution in [0, 0.1) is 56.2 Å². The minimum Gasteiger partial charge on any atom is -0.462 e. The summed E-state index contributed by atoms with van der Waals surface area (Å²) in [6.07, 6.45) is 12.2. The normalized spacial score (nSPS) is 54.5. The first-order valence-electron chi connectivity index (χ1n) is 14.9. The SMILES string of the molecule is CC(=O)O[C@H]1CC[C@@]2(C)[C@@H](CC[C@@]3(C)[C@H]2CC[C@H]2[C@]4(C)CCC(C)(C)[C@H](O)[C@H]4CC[C@@]23C)C1(C)C. The molecule has 3 heteroatoms. The second-order valence-electron chi connectivity index (χ2n) is 16.2. The summed E-state index contributed by atoms with van der Waals surface area (Å²) in [5.74, 6) is 2.39. The Balaban J connectivity index is 1.48. The van der Waals surface area contributed by atoms with E-state index >= 15 is 0 Å². The standard InChI is InChI=1S/C32H54O3/c1-20(33)35-25-14-15-30(7)22(28(25,4)5)13-17-32(9)24(30)11-10-23-29(6)19-18-27(2,3)26(34)21(29)12-16-31(23,32)8/h21-26,34H,10-19H2,1-9H3/t21-,22+,23+,24+,25+,26-,29-,30+,31+,32+/m1/s1. The Hall–Kier alpha value is -0.570. The van der Waals surface area contributed by atoms with Gasteiger partial charge in [0.2, 0.25) is 0 Å². The van der Waals surface area contributed by atoms with Crippen molar-refractivity contribution in [2.75, 3.05) is 0 Å². The number of aliphatic hydroxyl groups is 1. The number of fused-ring (bicyclic) bond motifs is 7. The van der Waals surface area contributed by atoms with Crippen molar-refractivity contribution in [2.24, 2.45) is 56.2 Å². The highest BCUT2D eigenvalue weighted by molar-refractivity contribution is 5.66. The van der Waals surface area contributed by atoms with Gasteiger partial charge in [0.15, 0.2) is 0 Å². The van der Waals surface area contributed by atoms with Crippen LogP contribution in [0.2, 0.25) is 0 Å². The molecule has 5 aliphatic carbocycles. The van der Waals surface area contributed by atoms with E-state index in [-0.39, 0.29) is 34.4 Å². The average Bonchev–Trinajstić information content (AvgIpc) is 2.74. The first kappa shape index (κ1) is 26.1. The fraction of sp³-hybridized carbons (Fsp3) is 0.969. The minimum absolute atomic E-state index is 0.0282. The van der Waals surface area contributed by atoms with Gasteiger partial charge >= 0.3 is 5.97 Å². The van der Waals surface area contributed by atoms with Gasteiger partial charge in [-0.15, -0.1) is 0 Å². The van der Waals surface area contributed by atoms with Crippen molar-refractivity contribution in [3.05, 3.63) is 0 Å². The molecule has 0 bridgehead atoms. The van der Waals surface area contributed by atoms with Crippen molar-refractivity contribution < 1.29 is 14.6 Å². The van der Waals surface area contributed by atoms with E-state index in [0.29, 0.717) is 34.0 Å². The molecule has 5 rings (SSSR count). The third-order valence-corrected chi connectivity index (χ3v) is 14.2. The fourth-order valence-corrected chi connectivity index (χ4v) is 12.0. The molecule has 0 saturated heterocycles. The van der Waals surface area contributed by atoms with Crippen LogP contribution in [0.1, 0.15) is 127 Å². The molecule has 0 radical (unpaired) electrons. The van der Waals surface area contributed by atoms with Crippen LogP contribution >= 0.6 is 0 Å². The maximum atomic E-state index is 11.9. The van der Waals surface area contributed by atoms with Crippen LogP contribution in [0.25, 0.3) is 0 Å². The van der Waals surface area contributed by atoms with Gasteiger partial charge in [-0.05, 0) is 115 Å². The average molecular weight is 487 g/mol. The maximum Gasteiger partial charge on any atom is 0.302 e. The smallest absolute Gasteiger partial charge is 0.302 e. The highest BCUT2D eigenvalue weighted by Crippen LogP contribution is 2.77. The molecule has 0 amide bonds. The first-order chi connectivity index (χ1) is 16.0. The summed E-state index contributed by atoms with van der Waals surface area (Å²) in [6.45, 7) is 21.5. The zero-order chi connectivity index (χ0) is 25.8. The molecule has 0 aromatic rings. The van der Waals surface area contributed by atoms with Gasteiger partial charge in [-0.3, -0.25) is 4.79 Å². The van der Waals surface area contributed by atoms with Crippen molar-refractivity contribution >= 4 is 5.97 Å². The number of ether oxygens (including phenoxy) is 1. The second kappa shape index (κ2) is 7.73. The molecule has 0 spiro atoms. The second-order valence-corrected chi connectivity index (χ2v) is 16.2. The predicted molar refractivity (Wildman–Crippen MR) is 142 cm³/mol. The van der Waals surface area contributed by atoms with Gasteiger partial charge in [0.05, 0.1) is 6.10 Å². The molecular formula is C32H54O3. The lowest BCUT2D eigenvalue weighted by atomic mass is 9.30. The molecule has 35 heavy (non-hydrogen) atoms. The van der Waals surface area contributed by atoms with Crippen LogP contribution in [0.15, 0.2) is 0 Å². The third-order valence-electron chi connectivity index (χ3n) is 14.2. The molecule has 10 atom stereocenters. The lowest BCUT2D eigenvalue weighted by Crippen LogP contribution is -2.68. The Labute approximate surface area is 215 Å². The Morgan fingerprint density at radius 3 is 1.86 bits per heavy atom. The minimum atomic E-state index is -0.165. The van der Waals surface area contributed by atoms with E-state index in [1.165, 1.54) is 51.4 Å². The molecule has 1 N–H and O–H groups in total. The van der Waals surface area contributed by atoms with E-state index in [0.717, 1.165) is 18.8 Å². The highest BCUT2D eigenvalue weighted by Gasteiger charge is 2.71. The molecule has 0 aliphatic heterocycles. The Morgan fingerprint density at radius 1 is 0.686 bits per heavy atom. The largest absolute Gasteiger partial charge is 0.462 e. The van der Waals surface area contributed by atoms with Gasteiger partial charge in [0, 0.05) is 12.3 Å². The summed E-state index contributed by atoms with van der Waals surface area (Å²) in [4.78, 5) is 11.9. The van der Waals surface area contributed by atoms with Crippen LogP contribution < -0.4 is 0 Å². The molecule has 0 aromatic carbocycles. The van der Waals surface area contributed by atoms with Crippen molar-refractivity contribution in [1.82, 2.24) is 0 Å². The number of carbonyl (C=O) groups excluding carboxylic acids is 1. The first-order valence-corrected chi connectivity index (χ1v) is 14.9. The molecule has 3 nitrogen and oxygen atoms in total. The predicted octanol–water partition coefficient (Wildman–Crippen LogP) is 7.79. The number of aliphatic hydroxyl groups excluding tert-OH is 1. The number of hydrogen-bond donors (Lipinski definition) is 1. The van der Waals surface area contributed by atoms with Gasteiger partial charge in [-0.25, -0.2) is 0 Å². The lowest BCUT2D eigenvalue weighted by Gasteiger charge is -2.74. The summed E-state index contributed by atoms with van der Waals surface area (Å²) in [5.41, 5.74) is 1.34. The Bertz CT molecular complexity index is 876. The topological polar surface area (TPSA) is 46.5 Å². The zero-order valence-electron chi connectivity index (χ0n) is 24.3. The number of rotatable bonds is 1. The van der Waals surface area contributed by atoms with Gasteiger partial charge in [-0.2, -0.15) is 0 Å². The number of carbonyl (C=O) groups is 1. The molecule has 200 valence electrons. The van der Waals surface area contributed by atoms with E-state index in [2.05, 4.69) is 55.4 Å². The molecular weight excluding hydrogens is 432 g/mol. The third kappa shape index (κ3) is 3.27. The molecule has 0 aromatic heterocycles. The van der Waals surface area contributed by atoms with E-state index in [1.807, 2.05) is 0 Å². The summed E-state index contributed by atoms with van der Waals surface area (Å²) >= 11 is 0. The molecule has 5 saturated carbocycles. The van der Waals surface area contributed by atoms with E-state index in [1.54, 1.807) is 6.92 Å². The number of hydrogen-bond acceptors (Lipinski definition) is 3. The van der Waals surface area contributed by atoms with Gasteiger partial charge in [0.1, 0.15) is 6.10 Å². The van der Waals surface area contributed by atoms with Gasteiger partial charge in [0.25, 0.3) is 0 Å². The summed E-state index contributed by atoms with van der Waals surface area (Å²) in [6, 6.07) is 0. The molecule has 5 fully saturated rings. The summed E-state index contributed by atoms with van der Waals surface area (Å²) in [7, 11) is 0. The van der Waals surface area contributed by atoms with Crippen LogP contribution in [0.3, 0.4) is 0 Å². The Kier molecular flexibility index (Phi) is 5.76. The van der Waals surface area contributed by atoms with Crippen molar-refractivity contribution in [2.45, 2.75) is 139 Å².